The fraction of sp³-hybridized carbons (Fsp3) is 0.190. The van der Waals surface area contributed by atoms with E-state index in [-0.39, 0.29) is 16.2 Å². The fourth-order valence-corrected chi connectivity index (χ4v) is 2.93. The molecule has 0 fully saturated rings. The normalized spacial score (nSPS) is 11.0. The van der Waals surface area contributed by atoms with Crippen LogP contribution in [0.5, 0.6) is 0 Å². The molecule has 2 aromatic carbocycles. The van der Waals surface area contributed by atoms with Gasteiger partial charge in [-0.2, -0.15) is 14.0 Å². The number of hydrogen-bond acceptors (Lipinski definition) is 6. The van der Waals surface area contributed by atoms with Crippen molar-refractivity contribution in [1.82, 2.24) is 0 Å². The van der Waals surface area contributed by atoms with Crippen LogP contribution in [0.15, 0.2) is 59.0 Å². The summed E-state index contributed by atoms with van der Waals surface area (Å²) < 4.78 is 30.1. The summed E-state index contributed by atoms with van der Waals surface area (Å²) in [5, 5.41) is 11.6. The van der Waals surface area contributed by atoms with Gasteiger partial charge in [0, 0.05) is 24.7 Å². The molecule has 6 nitrogen and oxygen atoms in total. The average molecular weight is 431 g/mol. The number of carbonyl (C=O) groups excluding carboxylic acids is 2. The highest BCUT2D eigenvalue weighted by atomic mass is 32.2. The second kappa shape index (κ2) is 11.0. The minimum atomic E-state index is -2.64. The molecular weight excluding hydrogens is 412 g/mol. The van der Waals surface area contributed by atoms with Gasteiger partial charge in [-0.3, -0.25) is 4.79 Å². The predicted molar refractivity (Wildman–Crippen MR) is 112 cm³/mol. The summed E-state index contributed by atoms with van der Waals surface area (Å²) in [7, 11) is 3.77. The Morgan fingerprint density at radius 2 is 1.87 bits per heavy atom. The van der Waals surface area contributed by atoms with Gasteiger partial charge in [0.05, 0.1) is 5.69 Å². The van der Waals surface area contributed by atoms with E-state index in [9.17, 15) is 23.6 Å². The van der Waals surface area contributed by atoms with Gasteiger partial charge in [0.25, 0.3) is 11.7 Å². The maximum Gasteiger partial charge on any atom is 0.349 e. The van der Waals surface area contributed by atoms with Crippen LogP contribution in [0.1, 0.15) is 5.56 Å². The number of ether oxygens (including phenoxy) is 1. The van der Waals surface area contributed by atoms with E-state index in [4.69, 9.17) is 4.74 Å². The SMILES string of the molecule is CN(C)c1ccc(/C=C(\C#N)C(=O)OCC(=O)Nc2ccccc2SC(F)F)cc1. The number of carbonyl (C=O) groups is 2. The summed E-state index contributed by atoms with van der Waals surface area (Å²) in [6.45, 7) is -0.662. The summed E-state index contributed by atoms with van der Waals surface area (Å²) in [5.41, 5.74) is 1.49. The van der Waals surface area contributed by atoms with E-state index >= 15 is 0 Å². The van der Waals surface area contributed by atoms with Gasteiger partial charge in [0.15, 0.2) is 6.61 Å². The average Bonchev–Trinajstić information content (AvgIpc) is 2.71. The molecule has 0 atom stereocenters. The number of alkyl halides is 2. The molecule has 0 saturated carbocycles. The number of rotatable bonds is 8. The van der Waals surface area contributed by atoms with Crippen LogP contribution in [-0.4, -0.2) is 38.3 Å². The molecule has 0 aliphatic carbocycles. The summed E-state index contributed by atoms with van der Waals surface area (Å²) in [6.07, 6.45) is 1.36. The lowest BCUT2D eigenvalue weighted by molar-refractivity contribution is -0.142. The molecule has 2 rings (SSSR count). The number of nitrogens with one attached hydrogen (secondary N) is 1. The van der Waals surface area contributed by atoms with Gasteiger partial charge in [-0.25, -0.2) is 4.79 Å². The van der Waals surface area contributed by atoms with Gasteiger partial charge in [-0.15, -0.1) is 0 Å². The summed E-state index contributed by atoms with van der Waals surface area (Å²) in [6, 6.07) is 14.9. The van der Waals surface area contributed by atoms with E-state index in [1.807, 2.05) is 31.1 Å². The van der Waals surface area contributed by atoms with E-state index in [1.165, 1.54) is 18.2 Å². The van der Waals surface area contributed by atoms with Crippen LogP contribution >= 0.6 is 11.8 Å². The van der Waals surface area contributed by atoms with Gasteiger partial charge in [0.2, 0.25) is 0 Å². The van der Waals surface area contributed by atoms with E-state index < -0.39 is 24.2 Å². The van der Waals surface area contributed by atoms with Crippen LogP contribution in [0.3, 0.4) is 0 Å². The lowest BCUT2D eigenvalue weighted by Gasteiger charge is -2.12. The smallest absolute Gasteiger partial charge is 0.349 e. The van der Waals surface area contributed by atoms with Crippen molar-refractivity contribution in [2.75, 3.05) is 30.9 Å². The third-order valence-electron chi connectivity index (χ3n) is 3.77. The zero-order valence-electron chi connectivity index (χ0n) is 16.3. The summed E-state index contributed by atoms with van der Waals surface area (Å²) >= 11 is 0.293. The predicted octanol–water partition coefficient (Wildman–Crippen LogP) is 4.16. The van der Waals surface area contributed by atoms with Crippen molar-refractivity contribution in [1.29, 1.82) is 5.26 Å². The molecule has 156 valence electrons. The lowest BCUT2D eigenvalue weighted by Crippen LogP contribution is -2.21. The Bertz CT molecular complexity index is 970. The molecule has 1 N–H and O–H groups in total. The first-order valence-corrected chi connectivity index (χ1v) is 9.58. The van der Waals surface area contributed by atoms with Crippen LogP contribution in [0.2, 0.25) is 0 Å². The number of para-hydroxylation sites is 1. The van der Waals surface area contributed by atoms with E-state index in [0.29, 0.717) is 17.3 Å². The number of benzene rings is 2. The minimum Gasteiger partial charge on any atom is -0.451 e. The van der Waals surface area contributed by atoms with E-state index in [0.717, 1.165) is 5.69 Å². The van der Waals surface area contributed by atoms with Crippen LogP contribution < -0.4 is 10.2 Å². The first kappa shape index (κ1) is 22.9. The Morgan fingerprint density at radius 1 is 1.20 bits per heavy atom. The first-order valence-electron chi connectivity index (χ1n) is 8.70. The van der Waals surface area contributed by atoms with Crippen molar-refractivity contribution in [3.05, 3.63) is 59.7 Å². The fourth-order valence-electron chi connectivity index (χ4n) is 2.34. The van der Waals surface area contributed by atoms with Gasteiger partial charge in [-0.05, 0) is 35.9 Å². The Balaban J connectivity index is 1.98. The van der Waals surface area contributed by atoms with E-state index in [1.54, 1.807) is 30.3 Å². The molecular formula is C21H19F2N3O3S. The van der Waals surface area contributed by atoms with Crippen molar-refractivity contribution in [2.45, 2.75) is 10.7 Å². The number of thioether (sulfide) groups is 1. The Hall–Kier alpha value is -3.38. The third kappa shape index (κ3) is 6.90. The zero-order valence-corrected chi connectivity index (χ0v) is 17.1. The highest BCUT2D eigenvalue weighted by Crippen LogP contribution is 2.31. The van der Waals surface area contributed by atoms with Crippen molar-refractivity contribution >= 4 is 41.1 Å². The molecule has 1 amide bonds. The van der Waals surface area contributed by atoms with E-state index in [2.05, 4.69) is 5.32 Å². The van der Waals surface area contributed by atoms with Crippen LogP contribution in [0, 0.1) is 11.3 Å². The van der Waals surface area contributed by atoms with Gasteiger partial charge in [-0.1, -0.05) is 36.0 Å². The molecule has 0 heterocycles. The first-order chi connectivity index (χ1) is 14.3. The lowest BCUT2D eigenvalue weighted by atomic mass is 10.1. The number of hydrogen-bond donors (Lipinski definition) is 1. The molecule has 0 aromatic heterocycles. The summed E-state index contributed by atoms with van der Waals surface area (Å²) in [4.78, 5) is 26.2. The molecule has 9 heteroatoms. The van der Waals surface area contributed by atoms with Gasteiger partial charge >= 0.3 is 5.97 Å². The van der Waals surface area contributed by atoms with Crippen molar-refractivity contribution in [3.63, 3.8) is 0 Å². The number of anilines is 2. The van der Waals surface area contributed by atoms with Crippen molar-refractivity contribution < 1.29 is 23.1 Å². The molecule has 30 heavy (non-hydrogen) atoms. The molecule has 0 aliphatic heterocycles. The largest absolute Gasteiger partial charge is 0.451 e. The zero-order chi connectivity index (χ0) is 22.1. The minimum absolute atomic E-state index is 0.181. The standard InChI is InChI=1S/C21H19F2N3O3S/c1-26(2)16-9-7-14(8-10-16)11-15(12-24)20(28)29-13-19(27)25-17-5-3-4-6-18(17)30-21(22)23/h3-11,21H,13H2,1-2H3,(H,25,27)/b15-11+. The maximum absolute atomic E-state index is 12.6. The molecule has 0 radical (unpaired) electrons. The van der Waals surface area contributed by atoms with Crippen LogP contribution in [0.4, 0.5) is 20.2 Å². The summed E-state index contributed by atoms with van der Waals surface area (Å²) in [5.74, 6) is -4.31. The Morgan fingerprint density at radius 3 is 2.47 bits per heavy atom. The Kier molecular flexibility index (Phi) is 8.38. The second-order valence-corrected chi connectivity index (χ2v) is 7.19. The number of nitriles is 1. The number of amides is 1. The third-order valence-corrected chi connectivity index (χ3v) is 4.56. The number of halogens is 2. The highest BCUT2D eigenvalue weighted by molar-refractivity contribution is 7.99. The van der Waals surface area contributed by atoms with Crippen molar-refractivity contribution in [2.24, 2.45) is 0 Å². The molecule has 0 saturated heterocycles. The number of esters is 1. The topological polar surface area (TPSA) is 82.4 Å². The number of nitrogens with zero attached hydrogens (tertiary/aromatic N) is 2. The quantitative estimate of drug-likeness (QED) is 0.293. The molecule has 0 unspecified atom stereocenters. The monoisotopic (exact) mass is 431 g/mol. The molecule has 0 bridgehead atoms. The Labute approximate surface area is 177 Å². The van der Waals surface area contributed by atoms with Gasteiger partial charge in [0.1, 0.15) is 11.6 Å². The van der Waals surface area contributed by atoms with Crippen LogP contribution in [0.25, 0.3) is 6.08 Å². The maximum atomic E-state index is 12.6. The molecule has 0 spiro atoms. The van der Waals surface area contributed by atoms with Gasteiger partial charge < -0.3 is 15.0 Å². The second-order valence-electron chi connectivity index (χ2n) is 6.15. The van der Waals surface area contributed by atoms with Crippen molar-refractivity contribution in [3.8, 4) is 6.07 Å². The molecule has 0 aliphatic rings. The van der Waals surface area contributed by atoms with Crippen LogP contribution in [-0.2, 0) is 14.3 Å². The molecule has 2 aromatic rings. The highest BCUT2D eigenvalue weighted by Gasteiger charge is 2.15.